The third kappa shape index (κ3) is 3.39. The average Bonchev–Trinajstić information content (AvgIpc) is 3.33. The lowest BCUT2D eigenvalue weighted by atomic mass is 10.0. The van der Waals surface area contributed by atoms with Crippen LogP contribution in [0, 0.1) is 5.92 Å². The summed E-state index contributed by atoms with van der Waals surface area (Å²) in [4.78, 5) is 16.9. The van der Waals surface area contributed by atoms with Crippen molar-refractivity contribution in [3.05, 3.63) is 11.6 Å². The van der Waals surface area contributed by atoms with Crippen LogP contribution in [0.2, 0.25) is 0 Å². The largest absolute Gasteiger partial charge is 0.392 e. The van der Waals surface area contributed by atoms with Crippen molar-refractivity contribution >= 4 is 5.91 Å². The molecule has 4 rings (SSSR count). The van der Waals surface area contributed by atoms with E-state index in [4.69, 9.17) is 0 Å². The van der Waals surface area contributed by atoms with Gasteiger partial charge in [0.25, 0.3) is 0 Å². The highest BCUT2D eigenvalue weighted by Crippen LogP contribution is 2.34. The smallest absolute Gasteiger partial charge is 0.223 e. The van der Waals surface area contributed by atoms with E-state index in [1.165, 1.54) is 25.7 Å². The van der Waals surface area contributed by atoms with Crippen LogP contribution in [0.3, 0.4) is 0 Å². The number of amides is 1. The van der Waals surface area contributed by atoms with Gasteiger partial charge in [0.15, 0.2) is 11.6 Å². The summed E-state index contributed by atoms with van der Waals surface area (Å²) in [5.74, 6) is 2.69. The lowest BCUT2D eigenvalue weighted by molar-refractivity contribution is -0.133. The molecule has 1 saturated carbocycles. The van der Waals surface area contributed by atoms with Crippen molar-refractivity contribution < 1.29 is 9.90 Å². The maximum absolute atomic E-state index is 12.6. The molecule has 1 aromatic heterocycles. The molecule has 1 saturated heterocycles. The molecule has 2 aliphatic heterocycles. The van der Waals surface area contributed by atoms with Crippen molar-refractivity contribution in [1.82, 2.24) is 24.6 Å². The highest BCUT2D eigenvalue weighted by Gasteiger charge is 2.38. The number of β-amino-alcohol motifs (C(OH)–C–C–N with tert-alkyl or cyclic N) is 1. The summed E-state index contributed by atoms with van der Waals surface area (Å²) in [7, 11) is 0. The summed E-state index contributed by atoms with van der Waals surface area (Å²) >= 11 is 0. The molecule has 1 aromatic rings. The maximum atomic E-state index is 12.6. The predicted octanol–water partition coefficient (Wildman–Crippen LogP) is 1.72. The third-order valence-corrected chi connectivity index (χ3v) is 6.35. The summed E-state index contributed by atoms with van der Waals surface area (Å²) in [5.41, 5.74) is 0. The second-order valence-corrected chi connectivity index (χ2v) is 8.49. The van der Waals surface area contributed by atoms with Crippen LogP contribution in [0.4, 0.5) is 0 Å². The normalized spacial score (nSPS) is 27.5. The first-order chi connectivity index (χ1) is 12.5. The number of aliphatic hydroxyl groups is 1. The van der Waals surface area contributed by atoms with Crippen molar-refractivity contribution in [2.24, 2.45) is 5.92 Å². The van der Waals surface area contributed by atoms with Crippen molar-refractivity contribution in [3.63, 3.8) is 0 Å². The number of hydrogen-bond donors (Lipinski definition) is 1. The third-order valence-electron chi connectivity index (χ3n) is 6.35. The summed E-state index contributed by atoms with van der Waals surface area (Å²) in [6, 6.07) is 0.477. The van der Waals surface area contributed by atoms with Crippen LogP contribution in [-0.2, 0) is 17.9 Å². The average molecular weight is 361 g/mol. The topological polar surface area (TPSA) is 74.5 Å². The maximum Gasteiger partial charge on any atom is 0.223 e. The van der Waals surface area contributed by atoms with Gasteiger partial charge in [0, 0.05) is 32.1 Å². The number of rotatable bonds is 4. The number of aliphatic hydroxyl groups excluding tert-OH is 1. The van der Waals surface area contributed by atoms with Gasteiger partial charge in [0.05, 0.1) is 18.7 Å². The molecule has 3 heterocycles. The van der Waals surface area contributed by atoms with E-state index in [1.807, 2.05) is 4.90 Å². The van der Waals surface area contributed by atoms with Crippen LogP contribution in [0.5, 0.6) is 0 Å². The first-order valence-electron chi connectivity index (χ1n) is 10.2. The van der Waals surface area contributed by atoms with E-state index in [2.05, 4.69) is 33.5 Å². The molecule has 7 nitrogen and oxygen atoms in total. The van der Waals surface area contributed by atoms with Gasteiger partial charge in [-0.2, -0.15) is 0 Å². The summed E-state index contributed by atoms with van der Waals surface area (Å²) in [6.07, 6.45) is 6.05. The van der Waals surface area contributed by atoms with E-state index < -0.39 is 0 Å². The van der Waals surface area contributed by atoms with E-state index in [9.17, 15) is 9.90 Å². The number of hydrogen-bond acceptors (Lipinski definition) is 5. The van der Waals surface area contributed by atoms with Gasteiger partial charge in [0.1, 0.15) is 0 Å². The summed E-state index contributed by atoms with van der Waals surface area (Å²) in [6.45, 7) is 7.06. The molecule has 0 unspecified atom stereocenters. The SMILES string of the molecule is CC(C)N1C[C@@H](O)C[C@H]1c1nnc2n1CCN(C(=O)CC1CCCC1)C2. The van der Waals surface area contributed by atoms with Gasteiger partial charge in [-0.05, 0) is 39.0 Å². The fourth-order valence-electron chi connectivity index (χ4n) is 4.89. The Morgan fingerprint density at radius 3 is 2.73 bits per heavy atom. The molecule has 26 heavy (non-hydrogen) atoms. The van der Waals surface area contributed by atoms with Crippen LogP contribution in [0.25, 0.3) is 0 Å². The Hall–Kier alpha value is -1.47. The molecule has 1 aliphatic carbocycles. The van der Waals surface area contributed by atoms with Gasteiger partial charge in [-0.25, -0.2) is 0 Å². The minimum absolute atomic E-state index is 0.118. The summed E-state index contributed by atoms with van der Waals surface area (Å²) < 4.78 is 2.18. The molecule has 2 atom stereocenters. The lowest BCUT2D eigenvalue weighted by Crippen LogP contribution is -2.40. The fraction of sp³-hybridized carbons (Fsp3) is 0.842. The first-order valence-corrected chi connectivity index (χ1v) is 10.2. The quantitative estimate of drug-likeness (QED) is 0.884. The lowest BCUT2D eigenvalue weighted by Gasteiger charge is -2.31. The van der Waals surface area contributed by atoms with Crippen LogP contribution < -0.4 is 0 Å². The second kappa shape index (κ2) is 7.27. The van der Waals surface area contributed by atoms with Gasteiger partial charge >= 0.3 is 0 Å². The molecule has 1 N–H and O–H groups in total. The van der Waals surface area contributed by atoms with Crippen LogP contribution >= 0.6 is 0 Å². The van der Waals surface area contributed by atoms with Gasteiger partial charge in [-0.3, -0.25) is 9.69 Å². The van der Waals surface area contributed by atoms with Crippen molar-refractivity contribution in [2.75, 3.05) is 13.1 Å². The van der Waals surface area contributed by atoms with E-state index in [0.717, 1.165) is 24.7 Å². The predicted molar refractivity (Wildman–Crippen MR) is 97.2 cm³/mol. The minimum Gasteiger partial charge on any atom is -0.392 e. The van der Waals surface area contributed by atoms with Crippen molar-refractivity contribution in [2.45, 2.75) is 83.6 Å². The fourth-order valence-corrected chi connectivity index (χ4v) is 4.89. The van der Waals surface area contributed by atoms with E-state index in [0.29, 0.717) is 37.9 Å². The number of fused-ring (bicyclic) bond motifs is 1. The molecule has 0 aromatic carbocycles. The molecule has 2 fully saturated rings. The van der Waals surface area contributed by atoms with E-state index in [-0.39, 0.29) is 18.1 Å². The van der Waals surface area contributed by atoms with Gasteiger partial charge in [-0.1, -0.05) is 12.8 Å². The van der Waals surface area contributed by atoms with Crippen LogP contribution in [0.15, 0.2) is 0 Å². The molecular weight excluding hydrogens is 330 g/mol. The zero-order valence-electron chi connectivity index (χ0n) is 16.0. The number of aromatic nitrogens is 3. The Bertz CT molecular complexity index is 652. The van der Waals surface area contributed by atoms with Crippen LogP contribution in [0.1, 0.15) is 70.1 Å². The van der Waals surface area contributed by atoms with Gasteiger partial charge in [0.2, 0.25) is 5.91 Å². The number of nitrogens with zero attached hydrogens (tertiary/aromatic N) is 5. The Labute approximate surface area is 155 Å². The first kappa shape index (κ1) is 17.9. The molecule has 0 spiro atoms. The number of carbonyl (C=O) groups excluding carboxylic acids is 1. The van der Waals surface area contributed by atoms with Crippen molar-refractivity contribution in [1.29, 1.82) is 0 Å². The van der Waals surface area contributed by atoms with Gasteiger partial charge < -0.3 is 14.6 Å². The van der Waals surface area contributed by atoms with Crippen LogP contribution in [-0.4, -0.2) is 60.8 Å². The molecular formula is C19H31N5O2. The monoisotopic (exact) mass is 361 g/mol. The Balaban J connectivity index is 1.46. The Morgan fingerprint density at radius 1 is 1.23 bits per heavy atom. The standard InChI is InChI=1S/C19H31N5O2/c1-13(2)24-11-15(25)10-16(24)19-21-20-17-12-22(7-8-23(17)19)18(26)9-14-5-3-4-6-14/h13-16,25H,3-12H2,1-2H3/t15-,16-/m0/s1. The van der Waals surface area contributed by atoms with Crippen molar-refractivity contribution in [3.8, 4) is 0 Å². The minimum atomic E-state index is -0.302. The van der Waals surface area contributed by atoms with E-state index in [1.54, 1.807) is 0 Å². The number of likely N-dealkylation sites (tertiary alicyclic amines) is 1. The Kier molecular flexibility index (Phi) is 5.01. The van der Waals surface area contributed by atoms with Gasteiger partial charge in [-0.15, -0.1) is 10.2 Å². The second-order valence-electron chi connectivity index (χ2n) is 8.49. The molecule has 3 aliphatic rings. The molecule has 7 heteroatoms. The molecule has 0 bridgehead atoms. The zero-order chi connectivity index (χ0) is 18.3. The molecule has 144 valence electrons. The summed E-state index contributed by atoms with van der Waals surface area (Å²) in [5, 5.41) is 19.0. The number of carbonyl (C=O) groups is 1. The highest BCUT2D eigenvalue weighted by atomic mass is 16.3. The zero-order valence-corrected chi connectivity index (χ0v) is 16.0. The molecule has 0 radical (unpaired) electrons. The highest BCUT2D eigenvalue weighted by molar-refractivity contribution is 5.76. The Morgan fingerprint density at radius 2 is 2.00 bits per heavy atom. The van der Waals surface area contributed by atoms with E-state index >= 15 is 0 Å². The molecule has 1 amide bonds.